The molecular formula is C24H22F3NO2. The largest absolute Gasteiger partial charge is 0.491 e. The molecule has 30 heavy (non-hydrogen) atoms. The Bertz CT molecular complexity index is 985. The Hall–Kier alpha value is -3.20. The van der Waals surface area contributed by atoms with Crippen LogP contribution in [0.5, 0.6) is 5.75 Å². The molecule has 6 heteroatoms. The molecule has 2 aromatic rings. The van der Waals surface area contributed by atoms with E-state index in [1.165, 1.54) is 12.1 Å². The summed E-state index contributed by atoms with van der Waals surface area (Å²) in [5.41, 5.74) is 0.404. The van der Waals surface area contributed by atoms with Gasteiger partial charge in [0.25, 0.3) is 0 Å². The quantitative estimate of drug-likeness (QED) is 0.636. The molecule has 0 fully saturated rings. The number of ketones is 1. The van der Waals surface area contributed by atoms with E-state index in [0.29, 0.717) is 12.3 Å². The Labute approximate surface area is 174 Å². The molecule has 1 heterocycles. The van der Waals surface area contributed by atoms with Gasteiger partial charge in [0.1, 0.15) is 5.75 Å². The van der Waals surface area contributed by atoms with Gasteiger partial charge < -0.3 is 9.64 Å². The summed E-state index contributed by atoms with van der Waals surface area (Å²) in [6.07, 6.45) is 2.53. The van der Waals surface area contributed by atoms with Crippen molar-refractivity contribution in [2.75, 3.05) is 13.1 Å². The number of ether oxygens (including phenoxy) is 1. The summed E-state index contributed by atoms with van der Waals surface area (Å²) in [6.45, 7) is 4.45. The molecule has 0 amide bonds. The van der Waals surface area contributed by atoms with Gasteiger partial charge in [-0.25, -0.2) is 0 Å². The maximum Gasteiger partial charge on any atom is 0.416 e. The minimum Gasteiger partial charge on any atom is -0.491 e. The van der Waals surface area contributed by atoms with Gasteiger partial charge in [-0.05, 0) is 49.2 Å². The fraction of sp³-hybridized carbons (Fsp3) is 0.292. The van der Waals surface area contributed by atoms with E-state index in [2.05, 4.69) is 5.92 Å². The van der Waals surface area contributed by atoms with Crippen molar-refractivity contribution in [2.45, 2.75) is 32.0 Å². The molecule has 2 aromatic carbocycles. The number of rotatable bonds is 5. The Morgan fingerprint density at radius 2 is 1.90 bits per heavy atom. The highest BCUT2D eigenvalue weighted by atomic mass is 19.4. The van der Waals surface area contributed by atoms with Gasteiger partial charge in [-0.3, -0.25) is 4.79 Å². The van der Waals surface area contributed by atoms with Gasteiger partial charge in [-0.15, -0.1) is 6.42 Å². The smallest absolute Gasteiger partial charge is 0.416 e. The fourth-order valence-electron chi connectivity index (χ4n) is 3.42. The third-order valence-corrected chi connectivity index (χ3v) is 4.76. The van der Waals surface area contributed by atoms with Crippen molar-refractivity contribution in [1.29, 1.82) is 0 Å². The van der Waals surface area contributed by atoms with E-state index in [4.69, 9.17) is 11.2 Å². The van der Waals surface area contributed by atoms with Crippen LogP contribution in [0.25, 0.3) is 5.57 Å². The van der Waals surface area contributed by atoms with Gasteiger partial charge in [0.05, 0.1) is 24.1 Å². The summed E-state index contributed by atoms with van der Waals surface area (Å²) in [4.78, 5) is 15.0. The molecule has 0 radical (unpaired) electrons. The second-order valence-electron chi connectivity index (χ2n) is 7.41. The zero-order chi connectivity index (χ0) is 21.9. The van der Waals surface area contributed by atoms with Crippen LogP contribution in [0, 0.1) is 12.3 Å². The van der Waals surface area contributed by atoms with E-state index in [-0.39, 0.29) is 29.6 Å². The normalized spacial score (nSPS) is 17.0. The first-order chi connectivity index (χ1) is 14.2. The Balaban J connectivity index is 1.96. The van der Waals surface area contributed by atoms with Crippen molar-refractivity contribution in [3.05, 3.63) is 71.4 Å². The zero-order valence-electron chi connectivity index (χ0n) is 16.7. The van der Waals surface area contributed by atoms with Gasteiger partial charge in [-0.1, -0.05) is 30.2 Å². The molecule has 0 bridgehead atoms. The van der Waals surface area contributed by atoms with Crippen LogP contribution in [0.3, 0.4) is 0 Å². The molecule has 0 saturated heterocycles. The molecule has 0 N–H and O–H groups in total. The van der Waals surface area contributed by atoms with Gasteiger partial charge in [0.2, 0.25) is 0 Å². The van der Waals surface area contributed by atoms with E-state index >= 15 is 0 Å². The highest BCUT2D eigenvalue weighted by Gasteiger charge is 2.34. The second-order valence-corrected chi connectivity index (χ2v) is 7.41. The number of carbonyl (C=O) groups is 1. The molecule has 3 nitrogen and oxygen atoms in total. The number of terminal acetylenes is 1. The lowest BCUT2D eigenvalue weighted by Gasteiger charge is -2.31. The van der Waals surface area contributed by atoms with Gasteiger partial charge in [0.15, 0.2) is 5.78 Å². The van der Waals surface area contributed by atoms with E-state index in [0.717, 1.165) is 17.7 Å². The summed E-state index contributed by atoms with van der Waals surface area (Å²) in [7, 11) is 0. The van der Waals surface area contributed by atoms with Gasteiger partial charge >= 0.3 is 6.18 Å². The van der Waals surface area contributed by atoms with E-state index in [9.17, 15) is 18.0 Å². The minimum absolute atomic E-state index is 0.0220. The molecule has 0 aliphatic carbocycles. The molecular weight excluding hydrogens is 391 g/mol. The fourth-order valence-corrected chi connectivity index (χ4v) is 3.42. The monoisotopic (exact) mass is 413 g/mol. The van der Waals surface area contributed by atoms with Crippen molar-refractivity contribution >= 4 is 11.4 Å². The van der Waals surface area contributed by atoms with Crippen LogP contribution in [0.2, 0.25) is 0 Å². The second kappa shape index (κ2) is 8.66. The Morgan fingerprint density at radius 1 is 1.20 bits per heavy atom. The number of Topliss-reactive ketones (excluding diaryl/α,β-unsaturated/α-hetero) is 1. The summed E-state index contributed by atoms with van der Waals surface area (Å²) >= 11 is 0. The molecule has 0 aromatic heterocycles. The van der Waals surface area contributed by atoms with Crippen LogP contribution in [-0.4, -0.2) is 29.9 Å². The molecule has 1 aliphatic heterocycles. The van der Waals surface area contributed by atoms with Crippen molar-refractivity contribution in [2.24, 2.45) is 0 Å². The lowest BCUT2D eigenvalue weighted by atomic mass is 9.85. The number of nitrogens with zero attached hydrogens (tertiary/aromatic N) is 1. The number of carbonyl (C=O) groups excluding carboxylic acids is 1. The van der Waals surface area contributed by atoms with Crippen molar-refractivity contribution < 1.29 is 22.7 Å². The Morgan fingerprint density at radius 3 is 2.50 bits per heavy atom. The molecule has 1 unspecified atom stereocenters. The highest BCUT2D eigenvalue weighted by molar-refractivity contribution is 6.24. The van der Waals surface area contributed by atoms with Crippen LogP contribution in [-0.2, 0) is 11.0 Å². The summed E-state index contributed by atoms with van der Waals surface area (Å²) in [6, 6.07) is 12.0. The van der Waals surface area contributed by atoms with Crippen molar-refractivity contribution in [3.63, 3.8) is 0 Å². The lowest BCUT2D eigenvalue weighted by Crippen LogP contribution is -2.34. The highest BCUT2D eigenvalue weighted by Crippen LogP contribution is 2.35. The van der Waals surface area contributed by atoms with Gasteiger partial charge in [-0.2, -0.15) is 13.2 Å². The Kier molecular flexibility index (Phi) is 6.21. The number of halogens is 3. The molecule has 1 atom stereocenters. The molecule has 156 valence electrons. The summed E-state index contributed by atoms with van der Waals surface area (Å²) in [5, 5.41) is 0. The zero-order valence-corrected chi connectivity index (χ0v) is 16.7. The lowest BCUT2D eigenvalue weighted by molar-refractivity contribution is -0.137. The number of benzene rings is 2. The first kappa shape index (κ1) is 21.5. The average Bonchev–Trinajstić information content (AvgIpc) is 2.69. The van der Waals surface area contributed by atoms with Crippen LogP contribution < -0.4 is 4.74 Å². The average molecular weight is 413 g/mol. The maximum atomic E-state index is 13.2. The van der Waals surface area contributed by atoms with Crippen LogP contribution in [0.15, 0.2) is 54.7 Å². The number of hydrogen-bond donors (Lipinski definition) is 0. The van der Waals surface area contributed by atoms with E-state index in [1.54, 1.807) is 23.2 Å². The maximum absolute atomic E-state index is 13.2. The van der Waals surface area contributed by atoms with Crippen molar-refractivity contribution in [3.8, 4) is 18.1 Å². The molecule has 0 spiro atoms. The predicted octanol–water partition coefficient (Wildman–Crippen LogP) is 5.14. The first-order valence-electron chi connectivity index (χ1n) is 9.57. The molecule has 1 aliphatic rings. The third kappa shape index (κ3) is 4.85. The van der Waals surface area contributed by atoms with Crippen molar-refractivity contribution in [1.82, 2.24) is 4.90 Å². The van der Waals surface area contributed by atoms with Gasteiger partial charge in [0, 0.05) is 18.3 Å². The summed E-state index contributed by atoms with van der Waals surface area (Å²) in [5.74, 6) is 2.44. The van der Waals surface area contributed by atoms with Crippen LogP contribution >= 0.6 is 0 Å². The third-order valence-electron chi connectivity index (χ3n) is 4.76. The van der Waals surface area contributed by atoms with E-state index in [1.807, 2.05) is 26.0 Å². The van der Waals surface area contributed by atoms with E-state index < -0.39 is 17.7 Å². The SMILES string of the molecule is C#CCN1C=C(c2cccc(C(F)(F)F)c2)C(=O)C(c2ccc(OC(C)C)cc2)C1. The van der Waals surface area contributed by atoms with Crippen LogP contribution in [0.1, 0.15) is 36.5 Å². The molecule has 3 rings (SSSR count). The standard InChI is InChI=1S/C24H22F3NO2/c1-4-12-28-14-21(17-8-10-20(11-9-17)30-16(2)3)23(29)22(15-28)18-6-5-7-19(13-18)24(25,26)27/h1,5-11,13,15-16,21H,12,14H2,2-3H3. The summed E-state index contributed by atoms with van der Waals surface area (Å²) < 4.78 is 45.1. The van der Waals surface area contributed by atoms with Crippen LogP contribution in [0.4, 0.5) is 13.2 Å². The first-order valence-corrected chi connectivity index (χ1v) is 9.57. The minimum atomic E-state index is -4.49. The molecule has 0 saturated carbocycles. The predicted molar refractivity (Wildman–Crippen MR) is 110 cm³/mol. The number of allylic oxidation sites excluding steroid dienone is 1. The number of hydrogen-bond acceptors (Lipinski definition) is 3. The topological polar surface area (TPSA) is 29.5 Å². The number of alkyl halides is 3.